The lowest BCUT2D eigenvalue weighted by molar-refractivity contribution is 0.0728. The van der Waals surface area contributed by atoms with Crippen molar-refractivity contribution in [1.82, 2.24) is 19.4 Å². The first kappa shape index (κ1) is 14.7. The Bertz CT molecular complexity index is 626. The van der Waals surface area contributed by atoms with Crippen LogP contribution in [0.25, 0.3) is 0 Å². The van der Waals surface area contributed by atoms with Crippen molar-refractivity contribution >= 4 is 5.91 Å². The number of carbonyl (C=O) groups excluding carboxylic acids is 1. The maximum Gasteiger partial charge on any atom is 0.270 e. The molecule has 0 saturated carbocycles. The van der Waals surface area contributed by atoms with Crippen molar-refractivity contribution in [2.75, 3.05) is 26.3 Å². The number of ether oxygens (including phenoxy) is 1. The Labute approximate surface area is 129 Å². The van der Waals surface area contributed by atoms with Crippen LogP contribution in [0.15, 0.2) is 36.9 Å². The largest absolute Gasteiger partial charge is 0.379 e. The average Bonchev–Trinajstić information content (AvgIpc) is 2.82. The number of aryl methyl sites for hydroxylation is 1. The molecule has 0 spiro atoms. The minimum absolute atomic E-state index is 0.0608. The first-order chi connectivity index (χ1) is 10.7. The van der Waals surface area contributed by atoms with E-state index in [1.54, 1.807) is 12.5 Å². The predicted molar refractivity (Wildman–Crippen MR) is 81.4 cm³/mol. The molecule has 22 heavy (non-hydrogen) atoms. The van der Waals surface area contributed by atoms with Gasteiger partial charge in [-0.3, -0.25) is 4.79 Å². The van der Waals surface area contributed by atoms with E-state index in [0.717, 1.165) is 12.1 Å². The summed E-state index contributed by atoms with van der Waals surface area (Å²) in [5.74, 6) is 0.312. The lowest BCUT2D eigenvalue weighted by Crippen LogP contribution is -2.37. The Morgan fingerprint density at radius 2 is 2.36 bits per heavy atom. The fraction of sp³-hybridized carbons (Fsp3) is 0.438. The summed E-state index contributed by atoms with van der Waals surface area (Å²) in [6.07, 6.45) is 5.98. The monoisotopic (exact) mass is 300 g/mol. The van der Waals surface area contributed by atoms with Gasteiger partial charge in [-0.2, -0.15) is 0 Å². The minimum atomic E-state index is 0.0608. The van der Waals surface area contributed by atoms with Crippen LogP contribution >= 0.6 is 0 Å². The summed E-state index contributed by atoms with van der Waals surface area (Å²) in [6.45, 7) is 2.55. The zero-order valence-electron chi connectivity index (χ0n) is 12.7. The third kappa shape index (κ3) is 3.33. The molecule has 0 radical (unpaired) electrons. The zero-order valence-corrected chi connectivity index (χ0v) is 12.7. The molecule has 1 aliphatic heterocycles. The number of amides is 1. The molecule has 3 heterocycles. The standard InChI is InChI=1S/C16H20N4O2/c1-19-6-2-3-15(19)16(21)20-7-8-22-11-13(10-20)9-14-4-5-17-12-18-14/h2-6,12-13H,7-11H2,1H3/t13-/m0/s1. The van der Waals surface area contributed by atoms with Crippen LogP contribution in [0.3, 0.4) is 0 Å². The van der Waals surface area contributed by atoms with Crippen LogP contribution in [-0.2, 0) is 18.2 Å². The summed E-state index contributed by atoms with van der Waals surface area (Å²) in [5.41, 5.74) is 1.69. The Morgan fingerprint density at radius 1 is 1.45 bits per heavy atom. The molecule has 1 saturated heterocycles. The van der Waals surface area contributed by atoms with Crippen molar-refractivity contribution in [2.24, 2.45) is 13.0 Å². The van der Waals surface area contributed by atoms with Crippen LogP contribution in [0.1, 0.15) is 16.2 Å². The summed E-state index contributed by atoms with van der Waals surface area (Å²) < 4.78 is 7.52. The topological polar surface area (TPSA) is 60.2 Å². The van der Waals surface area contributed by atoms with Gasteiger partial charge < -0.3 is 14.2 Å². The van der Waals surface area contributed by atoms with Gasteiger partial charge in [-0.05, 0) is 24.6 Å². The van der Waals surface area contributed by atoms with Gasteiger partial charge in [-0.15, -0.1) is 0 Å². The minimum Gasteiger partial charge on any atom is -0.379 e. The molecule has 0 unspecified atom stereocenters. The molecule has 3 rings (SSSR count). The molecule has 116 valence electrons. The van der Waals surface area contributed by atoms with Crippen molar-refractivity contribution in [2.45, 2.75) is 6.42 Å². The van der Waals surface area contributed by atoms with Gasteiger partial charge in [0.05, 0.1) is 13.2 Å². The Balaban J connectivity index is 1.70. The lowest BCUT2D eigenvalue weighted by atomic mass is 10.0. The van der Waals surface area contributed by atoms with Crippen molar-refractivity contribution in [3.63, 3.8) is 0 Å². The summed E-state index contributed by atoms with van der Waals surface area (Å²) in [7, 11) is 1.89. The highest BCUT2D eigenvalue weighted by Crippen LogP contribution is 2.15. The number of nitrogens with zero attached hydrogens (tertiary/aromatic N) is 4. The van der Waals surface area contributed by atoms with Crippen LogP contribution < -0.4 is 0 Å². The fourth-order valence-electron chi connectivity index (χ4n) is 2.77. The van der Waals surface area contributed by atoms with E-state index in [2.05, 4.69) is 9.97 Å². The van der Waals surface area contributed by atoms with E-state index in [9.17, 15) is 4.79 Å². The maximum atomic E-state index is 12.7. The second-order valence-electron chi connectivity index (χ2n) is 5.60. The van der Waals surface area contributed by atoms with Crippen molar-refractivity contribution in [3.8, 4) is 0 Å². The van der Waals surface area contributed by atoms with Gasteiger partial charge in [0.1, 0.15) is 12.0 Å². The van der Waals surface area contributed by atoms with Crippen molar-refractivity contribution < 1.29 is 9.53 Å². The zero-order chi connectivity index (χ0) is 15.4. The van der Waals surface area contributed by atoms with E-state index in [4.69, 9.17) is 4.74 Å². The summed E-state index contributed by atoms with van der Waals surface area (Å²) in [6, 6.07) is 5.65. The lowest BCUT2D eigenvalue weighted by Gasteiger charge is -2.23. The van der Waals surface area contributed by atoms with Crippen LogP contribution in [-0.4, -0.2) is 51.6 Å². The molecule has 6 nitrogen and oxygen atoms in total. The van der Waals surface area contributed by atoms with Crippen molar-refractivity contribution in [1.29, 1.82) is 0 Å². The SMILES string of the molecule is Cn1cccc1C(=O)N1CCOC[C@@H](Cc2ccncn2)C1. The van der Waals surface area contributed by atoms with Crippen molar-refractivity contribution in [3.05, 3.63) is 48.3 Å². The molecule has 1 atom stereocenters. The quantitative estimate of drug-likeness (QED) is 0.853. The molecule has 6 heteroatoms. The van der Waals surface area contributed by atoms with E-state index in [1.165, 1.54) is 0 Å². The predicted octanol–water partition coefficient (Wildman–Crippen LogP) is 1.15. The second kappa shape index (κ2) is 6.70. The average molecular weight is 300 g/mol. The number of hydrogen-bond donors (Lipinski definition) is 0. The fourth-order valence-corrected chi connectivity index (χ4v) is 2.77. The third-order valence-corrected chi connectivity index (χ3v) is 3.93. The molecule has 1 amide bonds. The Morgan fingerprint density at radius 3 is 3.09 bits per heavy atom. The van der Waals surface area contributed by atoms with E-state index in [1.807, 2.05) is 40.9 Å². The van der Waals surface area contributed by atoms with Crippen LogP contribution in [0, 0.1) is 5.92 Å². The third-order valence-electron chi connectivity index (χ3n) is 3.93. The Hall–Kier alpha value is -2.21. The van der Waals surface area contributed by atoms with E-state index in [-0.39, 0.29) is 11.8 Å². The van der Waals surface area contributed by atoms with Gasteiger partial charge in [0.2, 0.25) is 0 Å². The van der Waals surface area contributed by atoms with Crippen LogP contribution in [0.5, 0.6) is 0 Å². The Kier molecular flexibility index (Phi) is 4.48. The molecule has 0 aromatic carbocycles. The summed E-state index contributed by atoms with van der Waals surface area (Å²) >= 11 is 0. The number of rotatable bonds is 3. The number of aromatic nitrogens is 3. The molecule has 2 aromatic heterocycles. The number of hydrogen-bond acceptors (Lipinski definition) is 4. The second-order valence-corrected chi connectivity index (χ2v) is 5.60. The van der Waals surface area contributed by atoms with Gasteiger partial charge in [-0.1, -0.05) is 0 Å². The molecule has 0 N–H and O–H groups in total. The van der Waals surface area contributed by atoms with Gasteiger partial charge in [0.15, 0.2) is 0 Å². The van der Waals surface area contributed by atoms with Gasteiger partial charge in [-0.25, -0.2) is 9.97 Å². The van der Waals surface area contributed by atoms with E-state index in [0.29, 0.717) is 32.0 Å². The molecule has 0 bridgehead atoms. The summed E-state index contributed by atoms with van der Waals surface area (Å²) in [5, 5.41) is 0. The van der Waals surface area contributed by atoms with Gasteiger partial charge in [0.25, 0.3) is 5.91 Å². The number of carbonyl (C=O) groups is 1. The molecule has 2 aromatic rings. The summed E-state index contributed by atoms with van der Waals surface area (Å²) in [4.78, 5) is 22.7. The van der Waals surface area contributed by atoms with Crippen LogP contribution in [0.2, 0.25) is 0 Å². The molecular formula is C16H20N4O2. The maximum absolute atomic E-state index is 12.7. The molecule has 1 aliphatic rings. The molecule has 1 fully saturated rings. The highest BCUT2D eigenvalue weighted by atomic mass is 16.5. The normalized spacial score (nSPS) is 19.0. The highest BCUT2D eigenvalue weighted by Gasteiger charge is 2.25. The van der Waals surface area contributed by atoms with Gasteiger partial charge >= 0.3 is 0 Å². The highest BCUT2D eigenvalue weighted by molar-refractivity contribution is 5.92. The first-order valence-electron chi connectivity index (χ1n) is 7.47. The molecule has 0 aliphatic carbocycles. The van der Waals surface area contributed by atoms with E-state index >= 15 is 0 Å². The smallest absolute Gasteiger partial charge is 0.270 e. The first-order valence-corrected chi connectivity index (χ1v) is 7.47. The van der Waals surface area contributed by atoms with E-state index < -0.39 is 0 Å². The van der Waals surface area contributed by atoms with Gasteiger partial charge in [0, 0.05) is 44.1 Å². The molecular weight excluding hydrogens is 280 g/mol. The van der Waals surface area contributed by atoms with Crippen LogP contribution in [0.4, 0.5) is 0 Å².